The third kappa shape index (κ3) is 6.78. The fourth-order valence-corrected chi connectivity index (χ4v) is 3.75. The summed E-state index contributed by atoms with van der Waals surface area (Å²) in [6.07, 6.45) is -0.701. The first-order valence-corrected chi connectivity index (χ1v) is 10.8. The minimum absolute atomic E-state index is 0.0746. The van der Waals surface area contributed by atoms with Crippen molar-refractivity contribution in [2.24, 2.45) is 5.92 Å². The molecule has 2 atom stereocenters. The van der Waals surface area contributed by atoms with Crippen molar-refractivity contribution in [2.45, 2.75) is 6.10 Å². The number of aliphatic hydroxyl groups excluding tert-OH is 1. The van der Waals surface area contributed by atoms with Gasteiger partial charge in [-0.15, -0.1) is 0 Å². The lowest BCUT2D eigenvalue weighted by Gasteiger charge is -2.27. The van der Waals surface area contributed by atoms with Gasteiger partial charge in [-0.2, -0.15) is 0 Å². The van der Waals surface area contributed by atoms with Crippen molar-refractivity contribution in [1.82, 2.24) is 15.1 Å². The number of carbonyl (C=O) groups excluding carboxylic acids is 2. The number of hydrogen-bond donors (Lipinski definition) is 3. The Morgan fingerprint density at radius 3 is 2.50 bits per heavy atom. The van der Waals surface area contributed by atoms with Crippen LogP contribution in [0.4, 0.5) is 10.5 Å². The van der Waals surface area contributed by atoms with Crippen molar-refractivity contribution >= 4 is 17.6 Å². The summed E-state index contributed by atoms with van der Waals surface area (Å²) in [5, 5.41) is 16.4. The van der Waals surface area contributed by atoms with Crippen LogP contribution < -0.4 is 10.6 Å². The molecule has 0 aliphatic carbocycles. The zero-order chi connectivity index (χ0) is 22.9. The van der Waals surface area contributed by atoms with Gasteiger partial charge in [0.25, 0.3) is 5.91 Å². The van der Waals surface area contributed by atoms with Crippen LogP contribution in [0, 0.1) is 5.92 Å². The van der Waals surface area contributed by atoms with Crippen molar-refractivity contribution in [2.75, 3.05) is 58.8 Å². The van der Waals surface area contributed by atoms with Crippen LogP contribution in [0.3, 0.4) is 0 Å². The number of aliphatic hydroxyl groups is 1. The summed E-state index contributed by atoms with van der Waals surface area (Å²) in [6, 6.07) is 16.0. The number of anilines is 1. The van der Waals surface area contributed by atoms with Crippen LogP contribution in [0.25, 0.3) is 0 Å². The van der Waals surface area contributed by atoms with E-state index in [-0.39, 0.29) is 17.9 Å². The number of urea groups is 1. The first-order valence-electron chi connectivity index (χ1n) is 10.8. The molecule has 1 aliphatic rings. The monoisotopic (exact) mass is 440 g/mol. The number of amides is 3. The number of benzene rings is 2. The highest BCUT2D eigenvalue weighted by Crippen LogP contribution is 2.22. The fraction of sp³-hybridized carbons (Fsp3) is 0.417. The van der Waals surface area contributed by atoms with E-state index < -0.39 is 6.10 Å². The third-order valence-corrected chi connectivity index (χ3v) is 5.38. The average molecular weight is 441 g/mol. The molecule has 0 radical (unpaired) electrons. The topological polar surface area (TPSA) is 94.1 Å². The second kappa shape index (κ2) is 11.6. The van der Waals surface area contributed by atoms with Crippen LogP contribution in [0.5, 0.6) is 0 Å². The number of ether oxygens (including phenoxy) is 1. The van der Waals surface area contributed by atoms with Crippen LogP contribution in [0.1, 0.15) is 22.0 Å². The Bertz CT molecular complexity index is 885. The molecule has 2 aromatic rings. The molecule has 172 valence electrons. The van der Waals surface area contributed by atoms with Gasteiger partial charge in [-0.1, -0.05) is 36.4 Å². The number of rotatable bonds is 8. The summed E-state index contributed by atoms with van der Waals surface area (Å²) >= 11 is 0. The molecule has 2 aromatic carbocycles. The van der Waals surface area contributed by atoms with E-state index in [0.717, 1.165) is 5.56 Å². The van der Waals surface area contributed by atoms with E-state index in [0.29, 0.717) is 50.6 Å². The molecule has 8 heteroatoms. The highest BCUT2D eigenvalue weighted by Gasteiger charge is 2.23. The van der Waals surface area contributed by atoms with Gasteiger partial charge < -0.3 is 30.3 Å². The smallest absolute Gasteiger partial charge is 0.319 e. The SMILES string of the molecule is CN(C)C[C@H](CNC(=O)Nc1cccc(C(=O)N2CCOCC2)c1)[C@H](O)c1ccccc1. The quantitative estimate of drug-likeness (QED) is 0.585. The molecule has 1 saturated heterocycles. The molecule has 1 fully saturated rings. The van der Waals surface area contributed by atoms with Crippen molar-refractivity contribution < 1.29 is 19.4 Å². The number of nitrogens with one attached hydrogen (secondary N) is 2. The van der Waals surface area contributed by atoms with Crippen LogP contribution in [0.15, 0.2) is 54.6 Å². The van der Waals surface area contributed by atoms with Crippen molar-refractivity contribution in [3.8, 4) is 0 Å². The number of carbonyl (C=O) groups is 2. The van der Waals surface area contributed by atoms with E-state index in [2.05, 4.69) is 10.6 Å². The van der Waals surface area contributed by atoms with Gasteiger partial charge in [-0.25, -0.2) is 4.79 Å². The Kier molecular flexibility index (Phi) is 8.61. The minimum atomic E-state index is -0.701. The Morgan fingerprint density at radius 2 is 1.81 bits per heavy atom. The Labute approximate surface area is 189 Å². The molecule has 3 rings (SSSR count). The predicted octanol–water partition coefficient (Wildman–Crippen LogP) is 2.19. The number of hydrogen-bond acceptors (Lipinski definition) is 5. The second-order valence-electron chi connectivity index (χ2n) is 8.20. The second-order valence-corrected chi connectivity index (χ2v) is 8.20. The fourth-order valence-electron chi connectivity index (χ4n) is 3.75. The Morgan fingerprint density at radius 1 is 1.09 bits per heavy atom. The standard InChI is InChI=1S/C24H32N4O4/c1-27(2)17-20(22(29)18-7-4-3-5-8-18)16-25-24(31)26-21-10-6-9-19(15-21)23(30)28-11-13-32-14-12-28/h3-10,15,20,22,29H,11-14,16-17H2,1-2H3,(H2,25,26,31)/t20-,22+/m0/s1. The average Bonchev–Trinajstić information content (AvgIpc) is 2.82. The van der Waals surface area contributed by atoms with E-state index in [1.54, 1.807) is 29.2 Å². The highest BCUT2D eigenvalue weighted by molar-refractivity contribution is 5.97. The molecule has 8 nitrogen and oxygen atoms in total. The van der Waals surface area contributed by atoms with E-state index in [4.69, 9.17) is 4.74 Å². The Balaban J connectivity index is 1.58. The van der Waals surface area contributed by atoms with Crippen molar-refractivity contribution in [3.63, 3.8) is 0 Å². The maximum absolute atomic E-state index is 12.7. The number of nitrogens with zero attached hydrogens (tertiary/aromatic N) is 2. The maximum Gasteiger partial charge on any atom is 0.319 e. The molecular formula is C24H32N4O4. The van der Waals surface area contributed by atoms with Gasteiger partial charge in [0, 0.05) is 43.3 Å². The van der Waals surface area contributed by atoms with E-state index in [1.165, 1.54) is 0 Å². The van der Waals surface area contributed by atoms with Crippen molar-refractivity contribution in [1.29, 1.82) is 0 Å². The molecule has 0 saturated carbocycles. The number of morpholine rings is 1. The molecule has 1 aliphatic heterocycles. The molecule has 0 bridgehead atoms. The first kappa shape index (κ1) is 23.7. The normalized spacial score (nSPS) is 15.8. The van der Waals surface area contributed by atoms with Gasteiger partial charge in [-0.05, 0) is 37.9 Å². The van der Waals surface area contributed by atoms with Gasteiger partial charge in [0.1, 0.15) is 0 Å². The molecule has 3 amide bonds. The van der Waals surface area contributed by atoms with E-state index in [9.17, 15) is 14.7 Å². The van der Waals surface area contributed by atoms with E-state index in [1.807, 2.05) is 49.3 Å². The highest BCUT2D eigenvalue weighted by atomic mass is 16.5. The van der Waals surface area contributed by atoms with Gasteiger partial charge in [0.15, 0.2) is 0 Å². The summed E-state index contributed by atoms with van der Waals surface area (Å²) in [4.78, 5) is 28.9. The maximum atomic E-state index is 12.7. The molecule has 3 N–H and O–H groups in total. The van der Waals surface area contributed by atoms with Gasteiger partial charge in [0.05, 0.1) is 19.3 Å². The molecule has 0 aromatic heterocycles. The summed E-state index contributed by atoms with van der Waals surface area (Å²) < 4.78 is 5.30. The zero-order valence-corrected chi connectivity index (χ0v) is 18.7. The van der Waals surface area contributed by atoms with Crippen LogP contribution in [0.2, 0.25) is 0 Å². The lowest BCUT2D eigenvalue weighted by atomic mass is 9.95. The lowest BCUT2D eigenvalue weighted by molar-refractivity contribution is 0.0303. The van der Waals surface area contributed by atoms with E-state index >= 15 is 0 Å². The van der Waals surface area contributed by atoms with Crippen LogP contribution in [-0.4, -0.2) is 80.3 Å². The lowest BCUT2D eigenvalue weighted by Crippen LogP contribution is -2.40. The first-order chi connectivity index (χ1) is 15.4. The zero-order valence-electron chi connectivity index (χ0n) is 18.7. The molecule has 1 heterocycles. The molecule has 0 spiro atoms. The van der Waals surface area contributed by atoms with Crippen LogP contribution >= 0.6 is 0 Å². The Hall–Kier alpha value is -2.94. The summed E-state index contributed by atoms with van der Waals surface area (Å²) in [6.45, 7) is 3.11. The van der Waals surface area contributed by atoms with Crippen molar-refractivity contribution in [3.05, 3.63) is 65.7 Å². The molecule has 0 unspecified atom stereocenters. The molecular weight excluding hydrogens is 408 g/mol. The summed E-state index contributed by atoms with van der Waals surface area (Å²) in [5.74, 6) is -0.262. The predicted molar refractivity (Wildman–Crippen MR) is 124 cm³/mol. The minimum Gasteiger partial charge on any atom is -0.388 e. The van der Waals surface area contributed by atoms with Gasteiger partial charge >= 0.3 is 6.03 Å². The van der Waals surface area contributed by atoms with Crippen LogP contribution in [-0.2, 0) is 4.74 Å². The largest absolute Gasteiger partial charge is 0.388 e. The summed E-state index contributed by atoms with van der Waals surface area (Å²) in [7, 11) is 3.86. The molecule has 32 heavy (non-hydrogen) atoms. The van der Waals surface area contributed by atoms with Gasteiger partial charge in [-0.3, -0.25) is 4.79 Å². The third-order valence-electron chi connectivity index (χ3n) is 5.38. The van der Waals surface area contributed by atoms with Gasteiger partial charge in [0.2, 0.25) is 0 Å². The summed E-state index contributed by atoms with van der Waals surface area (Å²) in [5.41, 5.74) is 1.87.